The Hall–Kier alpha value is -2.82. The third-order valence-electron chi connectivity index (χ3n) is 5.24. The highest BCUT2D eigenvalue weighted by atomic mass is 35.5. The van der Waals surface area contributed by atoms with Gasteiger partial charge < -0.3 is 4.90 Å². The van der Waals surface area contributed by atoms with Crippen molar-refractivity contribution in [2.75, 3.05) is 24.4 Å². The number of aliphatic imine (C=N–C) groups is 1. The van der Waals surface area contributed by atoms with Crippen molar-refractivity contribution in [1.29, 1.82) is 0 Å². The highest BCUT2D eigenvalue weighted by Crippen LogP contribution is 2.44. The lowest BCUT2D eigenvalue weighted by atomic mass is 10.1. The standard InChI is InChI=1S/C25H23N3S.ClH/c1-27-18-17-26-25(27)21-14-12-20(13-15-21)24-16-19-29(23-10-6-3-7-11-23)28(24)22-8-4-2-5-9-22;/h2-16,19H,17-18H2,1H3;1H. The van der Waals surface area contributed by atoms with Crippen molar-refractivity contribution >= 4 is 45.7 Å². The number of para-hydroxylation sites is 1. The summed E-state index contributed by atoms with van der Waals surface area (Å²) in [6.07, 6.45) is 2.26. The first-order chi connectivity index (χ1) is 14.3. The molecule has 0 aliphatic carbocycles. The first-order valence-corrected chi connectivity index (χ1v) is 11.1. The summed E-state index contributed by atoms with van der Waals surface area (Å²) < 4.78 is 2.45. The van der Waals surface area contributed by atoms with Crippen LogP contribution in [0.4, 0.5) is 5.69 Å². The van der Waals surface area contributed by atoms with Gasteiger partial charge in [-0.05, 0) is 41.3 Å². The molecule has 2 aliphatic heterocycles. The van der Waals surface area contributed by atoms with Crippen LogP contribution in [0.2, 0.25) is 0 Å². The van der Waals surface area contributed by atoms with E-state index < -0.39 is 0 Å². The second-order valence-corrected chi connectivity index (χ2v) is 8.89. The van der Waals surface area contributed by atoms with E-state index in [2.05, 4.69) is 118 Å². The lowest BCUT2D eigenvalue weighted by Crippen LogP contribution is -2.23. The Bertz CT molecular complexity index is 1110. The Balaban J connectivity index is 0.00000218. The van der Waals surface area contributed by atoms with Crippen LogP contribution < -0.4 is 4.31 Å². The molecule has 0 spiro atoms. The van der Waals surface area contributed by atoms with Crippen molar-refractivity contribution in [3.8, 4) is 0 Å². The second kappa shape index (κ2) is 8.90. The van der Waals surface area contributed by atoms with Crippen LogP contribution in [0.3, 0.4) is 0 Å². The fraction of sp³-hybridized carbons (Fsp3) is 0.120. The quantitative estimate of drug-likeness (QED) is 0.491. The van der Waals surface area contributed by atoms with Crippen LogP contribution in [0.1, 0.15) is 11.1 Å². The molecule has 5 heteroatoms. The molecular formula is C25H24ClN3S. The van der Waals surface area contributed by atoms with Crippen LogP contribution in [0.5, 0.6) is 0 Å². The molecule has 1 atom stereocenters. The Morgan fingerprint density at radius 2 is 1.43 bits per heavy atom. The highest BCUT2D eigenvalue weighted by molar-refractivity contribution is 8.17. The van der Waals surface area contributed by atoms with Crippen LogP contribution in [0.25, 0.3) is 5.70 Å². The summed E-state index contributed by atoms with van der Waals surface area (Å²) in [4.78, 5) is 8.18. The smallest absolute Gasteiger partial charge is 0.130 e. The molecule has 30 heavy (non-hydrogen) atoms. The fourth-order valence-corrected chi connectivity index (χ4v) is 5.68. The Labute approximate surface area is 186 Å². The van der Waals surface area contributed by atoms with Gasteiger partial charge in [0.15, 0.2) is 0 Å². The molecule has 0 bridgehead atoms. The molecule has 0 aromatic heterocycles. The van der Waals surface area contributed by atoms with Crippen LogP contribution in [-0.2, 0) is 0 Å². The second-order valence-electron chi connectivity index (χ2n) is 7.15. The van der Waals surface area contributed by atoms with Crippen molar-refractivity contribution in [2.24, 2.45) is 4.99 Å². The van der Waals surface area contributed by atoms with E-state index in [1.54, 1.807) is 0 Å². The zero-order valence-corrected chi connectivity index (χ0v) is 18.4. The van der Waals surface area contributed by atoms with E-state index in [0.29, 0.717) is 0 Å². The van der Waals surface area contributed by atoms with E-state index in [1.165, 1.54) is 27.4 Å². The fourth-order valence-electron chi connectivity index (χ4n) is 3.77. The van der Waals surface area contributed by atoms with Crippen molar-refractivity contribution in [3.05, 3.63) is 102 Å². The summed E-state index contributed by atoms with van der Waals surface area (Å²) in [6, 6.07) is 30.2. The molecule has 2 aliphatic rings. The maximum atomic E-state index is 4.64. The van der Waals surface area contributed by atoms with Gasteiger partial charge in [-0.25, -0.2) is 0 Å². The lowest BCUT2D eigenvalue weighted by molar-refractivity contribution is 0.557. The molecule has 3 aromatic rings. The van der Waals surface area contributed by atoms with Crippen molar-refractivity contribution in [2.45, 2.75) is 4.90 Å². The van der Waals surface area contributed by atoms with Gasteiger partial charge in [0.25, 0.3) is 0 Å². The van der Waals surface area contributed by atoms with Crippen LogP contribution in [-0.4, -0.2) is 36.2 Å². The largest absolute Gasteiger partial charge is 0.358 e. The first-order valence-electron chi connectivity index (χ1n) is 9.86. The predicted octanol–water partition coefficient (Wildman–Crippen LogP) is 5.71. The van der Waals surface area contributed by atoms with Gasteiger partial charge in [-0.1, -0.05) is 71.3 Å². The maximum Gasteiger partial charge on any atom is 0.130 e. The SMILES string of the molecule is CN1CCN=C1c1ccc(C2=CC=S(c3ccccc3)N2c2ccccc2)cc1.Cl. The molecule has 3 aromatic carbocycles. The number of allylic oxidation sites excluding steroid dienone is 1. The van der Waals surface area contributed by atoms with Crippen molar-refractivity contribution in [1.82, 2.24) is 4.90 Å². The average Bonchev–Trinajstić information content (AvgIpc) is 3.42. The van der Waals surface area contributed by atoms with Gasteiger partial charge in [-0.2, -0.15) is 0 Å². The zero-order valence-electron chi connectivity index (χ0n) is 16.8. The number of likely N-dealkylation sites (N-methyl/N-ethyl adjacent to an activating group) is 1. The minimum atomic E-state index is -0.139. The topological polar surface area (TPSA) is 18.8 Å². The third-order valence-corrected chi connectivity index (χ3v) is 7.19. The molecule has 0 N–H and O–H groups in total. The van der Waals surface area contributed by atoms with Crippen molar-refractivity contribution in [3.63, 3.8) is 0 Å². The molecule has 0 amide bonds. The number of hydrogen-bond donors (Lipinski definition) is 0. The summed E-state index contributed by atoms with van der Waals surface area (Å²) >= 11 is 0. The average molecular weight is 434 g/mol. The van der Waals surface area contributed by atoms with E-state index in [9.17, 15) is 0 Å². The monoisotopic (exact) mass is 433 g/mol. The number of hydrogen-bond acceptors (Lipinski definition) is 3. The molecule has 0 saturated heterocycles. The molecular weight excluding hydrogens is 410 g/mol. The van der Waals surface area contributed by atoms with Crippen LogP contribution in [0, 0.1) is 0 Å². The summed E-state index contributed by atoms with van der Waals surface area (Å²) in [6.45, 7) is 1.88. The third kappa shape index (κ3) is 3.81. The summed E-state index contributed by atoms with van der Waals surface area (Å²) in [7, 11) is 1.97. The lowest BCUT2D eigenvalue weighted by Gasteiger charge is -2.27. The van der Waals surface area contributed by atoms with Crippen molar-refractivity contribution < 1.29 is 0 Å². The molecule has 3 nitrogen and oxygen atoms in total. The molecule has 2 heterocycles. The van der Waals surface area contributed by atoms with Gasteiger partial charge in [0.1, 0.15) is 5.84 Å². The Morgan fingerprint density at radius 3 is 2.07 bits per heavy atom. The molecule has 5 rings (SSSR count). The Kier molecular flexibility index (Phi) is 6.07. The van der Waals surface area contributed by atoms with E-state index in [0.717, 1.165) is 18.9 Å². The molecule has 1 unspecified atom stereocenters. The predicted molar refractivity (Wildman–Crippen MR) is 133 cm³/mol. The minimum Gasteiger partial charge on any atom is -0.358 e. The minimum absolute atomic E-state index is 0. The normalized spacial score (nSPS) is 17.8. The van der Waals surface area contributed by atoms with Crippen LogP contribution in [0.15, 0.2) is 101 Å². The number of halogens is 1. The van der Waals surface area contributed by atoms with Gasteiger partial charge in [-0.15, -0.1) is 12.4 Å². The molecule has 0 fully saturated rings. The number of anilines is 1. The van der Waals surface area contributed by atoms with E-state index in [1.807, 2.05) is 0 Å². The summed E-state index contributed by atoms with van der Waals surface area (Å²) in [5.41, 5.74) is 4.85. The first kappa shape index (κ1) is 20.5. The molecule has 0 radical (unpaired) electrons. The van der Waals surface area contributed by atoms with Gasteiger partial charge in [0.05, 0.1) is 17.9 Å². The Morgan fingerprint density at radius 1 is 0.800 bits per heavy atom. The zero-order chi connectivity index (χ0) is 19.6. The molecule has 0 saturated carbocycles. The number of amidine groups is 1. The summed E-state index contributed by atoms with van der Waals surface area (Å²) in [5.74, 6) is 1.09. The van der Waals surface area contributed by atoms with Gasteiger partial charge in [0.2, 0.25) is 0 Å². The summed E-state index contributed by atoms with van der Waals surface area (Å²) in [5, 5.41) is 2.32. The van der Waals surface area contributed by atoms with E-state index >= 15 is 0 Å². The van der Waals surface area contributed by atoms with Gasteiger partial charge >= 0.3 is 0 Å². The van der Waals surface area contributed by atoms with E-state index in [-0.39, 0.29) is 23.1 Å². The van der Waals surface area contributed by atoms with E-state index in [4.69, 9.17) is 0 Å². The van der Waals surface area contributed by atoms with Gasteiger partial charge in [0, 0.05) is 24.1 Å². The maximum absolute atomic E-state index is 4.64. The van der Waals surface area contributed by atoms with Gasteiger partial charge in [-0.3, -0.25) is 9.30 Å². The van der Waals surface area contributed by atoms with Crippen LogP contribution >= 0.6 is 23.1 Å². The number of benzene rings is 3. The highest BCUT2D eigenvalue weighted by Gasteiger charge is 2.23. The number of rotatable bonds is 4. The number of nitrogens with zero attached hydrogens (tertiary/aromatic N) is 3. The molecule has 152 valence electrons.